The van der Waals surface area contributed by atoms with Crippen LogP contribution in [0.15, 0.2) is 0 Å². The van der Waals surface area contributed by atoms with E-state index in [4.69, 9.17) is 44.3 Å². The zero-order valence-corrected chi connectivity index (χ0v) is 19.9. The summed E-state index contributed by atoms with van der Waals surface area (Å²) in [5.41, 5.74) is -0.629. The number of ether oxygens (including phenoxy) is 2. The molecule has 1 heterocycles. The average molecular weight is 473 g/mol. The third kappa shape index (κ3) is 10.2. The van der Waals surface area contributed by atoms with E-state index in [1.54, 1.807) is 25.7 Å². The topological polar surface area (TPSA) is 72.9 Å². The molecule has 2 atom stereocenters. The number of amides is 1. The Balaban J connectivity index is 2.83. The fraction of sp³-hybridized carbons (Fsp3) is 0.850. The SMILES string of the molecule is CCCCC[C@H](CC(=O)OCC(Cl)(Cl)Cl)C(=O)N1CCC[C@H]1C(=O)OC(C)(C)C. The van der Waals surface area contributed by atoms with Gasteiger partial charge in [-0.25, -0.2) is 4.79 Å². The highest BCUT2D eigenvalue weighted by molar-refractivity contribution is 6.67. The predicted octanol–water partition coefficient (Wildman–Crippen LogP) is 4.82. The average Bonchev–Trinajstić information content (AvgIpc) is 3.06. The molecule has 0 saturated carbocycles. The van der Waals surface area contributed by atoms with E-state index in [0.717, 1.165) is 25.7 Å². The van der Waals surface area contributed by atoms with Crippen molar-refractivity contribution >= 4 is 52.6 Å². The first kappa shape index (κ1) is 26.3. The molecule has 1 aliphatic rings. The van der Waals surface area contributed by atoms with Crippen LogP contribution in [-0.2, 0) is 23.9 Å². The maximum atomic E-state index is 13.2. The van der Waals surface area contributed by atoms with E-state index in [1.165, 1.54) is 0 Å². The smallest absolute Gasteiger partial charge is 0.329 e. The summed E-state index contributed by atoms with van der Waals surface area (Å²) in [6.45, 7) is 7.53. The Hall–Kier alpha value is -0.720. The molecule has 29 heavy (non-hydrogen) atoms. The molecule has 6 nitrogen and oxygen atoms in total. The van der Waals surface area contributed by atoms with Gasteiger partial charge in [0.15, 0.2) is 0 Å². The molecule has 0 radical (unpaired) electrons. The molecular formula is C20H32Cl3NO5. The summed E-state index contributed by atoms with van der Waals surface area (Å²) in [6.07, 6.45) is 4.43. The van der Waals surface area contributed by atoms with Crippen LogP contribution in [0.25, 0.3) is 0 Å². The molecule has 0 bridgehead atoms. The lowest BCUT2D eigenvalue weighted by Crippen LogP contribution is -2.46. The zero-order chi connectivity index (χ0) is 22.2. The van der Waals surface area contributed by atoms with Crippen LogP contribution in [0.2, 0.25) is 0 Å². The number of unbranched alkanes of at least 4 members (excludes halogenated alkanes) is 2. The van der Waals surface area contributed by atoms with Gasteiger partial charge in [0.1, 0.15) is 18.2 Å². The summed E-state index contributed by atoms with van der Waals surface area (Å²) < 4.78 is 8.77. The third-order valence-electron chi connectivity index (χ3n) is 4.53. The molecule has 1 rings (SSSR count). The van der Waals surface area contributed by atoms with Crippen LogP contribution in [-0.4, -0.2) is 51.3 Å². The van der Waals surface area contributed by atoms with Crippen molar-refractivity contribution in [3.63, 3.8) is 0 Å². The molecule has 0 aromatic rings. The molecule has 9 heteroatoms. The predicted molar refractivity (Wildman–Crippen MR) is 114 cm³/mol. The van der Waals surface area contributed by atoms with Gasteiger partial charge in [0.05, 0.1) is 6.42 Å². The number of esters is 2. The van der Waals surface area contributed by atoms with Crippen LogP contribution in [0.5, 0.6) is 0 Å². The van der Waals surface area contributed by atoms with Gasteiger partial charge in [-0.1, -0.05) is 61.0 Å². The lowest BCUT2D eigenvalue weighted by Gasteiger charge is -2.30. The number of hydrogen-bond acceptors (Lipinski definition) is 5. The largest absolute Gasteiger partial charge is 0.461 e. The number of carbonyl (C=O) groups excluding carboxylic acids is 3. The second kappa shape index (κ2) is 11.6. The lowest BCUT2D eigenvalue weighted by molar-refractivity contribution is -0.164. The van der Waals surface area contributed by atoms with Crippen molar-refractivity contribution < 1.29 is 23.9 Å². The summed E-state index contributed by atoms with van der Waals surface area (Å²) in [6, 6.07) is -0.618. The van der Waals surface area contributed by atoms with Crippen molar-refractivity contribution in [1.29, 1.82) is 0 Å². The van der Waals surface area contributed by atoms with Gasteiger partial charge in [0, 0.05) is 12.5 Å². The number of carbonyl (C=O) groups is 3. The molecule has 0 aromatic carbocycles. The van der Waals surface area contributed by atoms with Crippen LogP contribution in [0, 0.1) is 5.92 Å². The minimum atomic E-state index is -1.70. The van der Waals surface area contributed by atoms with Crippen LogP contribution in [0.1, 0.15) is 72.6 Å². The highest BCUT2D eigenvalue weighted by atomic mass is 35.6. The molecule has 1 amide bonds. The molecule has 0 aliphatic carbocycles. The van der Waals surface area contributed by atoms with Gasteiger partial charge in [-0.3, -0.25) is 9.59 Å². The second-order valence-corrected chi connectivity index (χ2v) is 10.9. The summed E-state index contributed by atoms with van der Waals surface area (Å²) in [4.78, 5) is 39.5. The van der Waals surface area contributed by atoms with E-state index in [9.17, 15) is 14.4 Å². The summed E-state index contributed by atoms with van der Waals surface area (Å²) >= 11 is 16.8. The van der Waals surface area contributed by atoms with Gasteiger partial charge in [0.2, 0.25) is 9.70 Å². The van der Waals surface area contributed by atoms with E-state index < -0.39 is 33.3 Å². The number of halogens is 3. The summed E-state index contributed by atoms with van der Waals surface area (Å²) in [5.74, 6) is -1.80. The fourth-order valence-corrected chi connectivity index (χ4v) is 3.42. The second-order valence-electron chi connectivity index (χ2n) is 8.40. The first-order valence-electron chi connectivity index (χ1n) is 10.1. The Labute approximate surface area is 188 Å². The molecule has 168 valence electrons. The van der Waals surface area contributed by atoms with E-state index in [0.29, 0.717) is 19.4 Å². The number of hydrogen-bond donors (Lipinski definition) is 0. The Kier molecular flexibility index (Phi) is 10.5. The van der Waals surface area contributed by atoms with Crippen molar-refractivity contribution in [2.75, 3.05) is 13.2 Å². The first-order valence-corrected chi connectivity index (χ1v) is 11.2. The number of rotatable bonds is 9. The van der Waals surface area contributed by atoms with Gasteiger partial charge in [-0.15, -0.1) is 0 Å². The highest BCUT2D eigenvalue weighted by Gasteiger charge is 2.39. The standard InChI is InChI=1S/C20H32Cl3NO5/c1-5-6-7-9-14(12-16(25)28-13-20(21,22)23)17(26)24-11-8-10-15(24)18(27)29-19(2,3)4/h14-15H,5-13H2,1-4H3/t14-,15+/m1/s1. The van der Waals surface area contributed by atoms with Gasteiger partial charge < -0.3 is 14.4 Å². The van der Waals surface area contributed by atoms with Crippen molar-refractivity contribution in [3.8, 4) is 0 Å². The van der Waals surface area contributed by atoms with E-state index >= 15 is 0 Å². The minimum Gasteiger partial charge on any atom is -0.461 e. The van der Waals surface area contributed by atoms with Crippen LogP contribution in [0.4, 0.5) is 0 Å². The molecule has 0 spiro atoms. The Bertz CT molecular complexity index is 571. The molecule has 0 unspecified atom stereocenters. The van der Waals surface area contributed by atoms with E-state index in [2.05, 4.69) is 6.92 Å². The Morgan fingerprint density at radius 1 is 1.14 bits per heavy atom. The molecule has 1 saturated heterocycles. The summed E-state index contributed by atoms with van der Waals surface area (Å²) in [5, 5.41) is 0. The van der Waals surface area contributed by atoms with Crippen molar-refractivity contribution in [1.82, 2.24) is 4.90 Å². The summed E-state index contributed by atoms with van der Waals surface area (Å²) in [7, 11) is 0. The maximum Gasteiger partial charge on any atom is 0.329 e. The van der Waals surface area contributed by atoms with Gasteiger partial charge in [-0.05, 0) is 40.0 Å². The van der Waals surface area contributed by atoms with Crippen molar-refractivity contribution in [3.05, 3.63) is 0 Å². The van der Waals surface area contributed by atoms with Crippen LogP contribution < -0.4 is 0 Å². The minimum absolute atomic E-state index is 0.110. The van der Waals surface area contributed by atoms with Crippen molar-refractivity contribution in [2.45, 2.75) is 88.1 Å². The number of nitrogens with zero attached hydrogens (tertiary/aromatic N) is 1. The molecular weight excluding hydrogens is 441 g/mol. The van der Waals surface area contributed by atoms with Gasteiger partial charge in [-0.2, -0.15) is 0 Å². The fourth-order valence-electron chi connectivity index (χ4n) is 3.26. The van der Waals surface area contributed by atoms with Gasteiger partial charge >= 0.3 is 11.9 Å². The van der Waals surface area contributed by atoms with Crippen molar-refractivity contribution in [2.24, 2.45) is 5.92 Å². The first-order chi connectivity index (χ1) is 13.3. The zero-order valence-electron chi connectivity index (χ0n) is 17.6. The molecule has 0 aromatic heterocycles. The highest BCUT2D eigenvalue weighted by Crippen LogP contribution is 2.28. The molecule has 1 aliphatic heterocycles. The number of alkyl halides is 3. The maximum absolute atomic E-state index is 13.2. The monoisotopic (exact) mass is 471 g/mol. The third-order valence-corrected chi connectivity index (χ3v) is 4.86. The van der Waals surface area contributed by atoms with Crippen LogP contribution >= 0.6 is 34.8 Å². The molecule has 0 N–H and O–H groups in total. The lowest BCUT2D eigenvalue weighted by atomic mass is 9.96. The quantitative estimate of drug-likeness (QED) is 0.273. The van der Waals surface area contributed by atoms with Crippen LogP contribution in [0.3, 0.4) is 0 Å². The van der Waals surface area contributed by atoms with Gasteiger partial charge in [0.25, 0.3) is 0 Å². The number of likely N-dealkylation sites (tertiary alicyclic amines) is 1. The molecule has 1 fully saturated rings. The Morgan fingerprint density at radius 3 is 2.34 bits per heavy atom. The Morgan fingerprint density at radius 2 is 1.79 bits per heavy atom. The normalized spacial score (nSPS) is 18.4. The van der Waals surface area contributed by atoms with E-state index in [-0.39, 0.29) is 18.9 Å². The van der Waals surface area contributed by atoms with E-state index in [1.807, 2.05) is 0 Å².